The number of allylic oxidation sites excluding steroid dienone is 7. The van der Waals surface area contributed by atoms with E-state index in [0.29, 0.717) is 0 Å². The van der Waals surface area contributed by atoms with E-state index in [2.05, 4.69) is 11.4 Å². The number of amides is 1. The van der Waals surface area contributed by atoms with Gasteiger partial charge in [-0.1, -0.05) is 60.2 Å². The highest BCUT2D eigenvalue weighted by molar-refractivity contribution is 6.19. The molecule has 118 valence electrons. The Bertz CT molecular complexity index is 721. The fourth-order valence-electron chi connectivity index (χ4n) is 2.39. The fourth-order valence-corrected chi connectivity index (χ4v) is 2.39. The van der Waals surface area contributed by atoms with Gasteiger partial charge in [0.1, 0.15) is 0 Å². The Balaban J connectivity index is 2.13. The van der Waals surface area contributed by atoms with E-state index in [4.69, 9.17) is 0 Å². The van der Waals surface area contributed by atoms with E-state index >= 15 is 0 Å². The lowest BCUT2D eigenvalue weighted by atomic mass is 10.0. The van der Waals surface area contributed by atoms with Gasteiger partial charge >= 0.3 is 0 Å². The number of nitrogens with one attached hydrogen (secondary N) is 1. The van der Waals surface area contributed by atoms with Crippen LogP contribution < -0.4 is 5.32 Å². The molecule has 0 saturated heterocycles. The number of ketones is 1. The van der Waals surface area contributed by atoms with Crippen molar-refractivity contribution in [1.29, 1.82) is 0 Å². The molecule has 0 atom stereocenters. The molecule has 0 radical (unpaired) electrons. The molecule has 1 N–H and O–H groups in total. The van der Waals surface area contributed by atoms with Gasteiger partial charge in [0.25, 0.3) is 5.91 Å². The Morgan fingerprint density at radius 2 is 2.13 bits per heavy atom. The second-order valence-electron chi connectivity index (χ2n) is 5.48. The number of hydrogen-bond acceptors (Lipinski definition) is 2. The van der Waals surface area contributed by atoms with Crippen molar-refractivity contribution in [2.45, 2.75) is 19.8 Å². The van der Waals surface area contributed by atoms with Crippen LogP contribution >= 0.6 is 0 Å². The summed E-state index contributed by atoms with van der Waals surface area (Å²) in [6.45, 7) is 1.98. The topological polar surface area (TPSA) is 46.2 Å². The minimum atomic E-state index is -0.356. The maximum absolute atomic E-state index is 12.5. The average molecular weight is 307 g/mol. The van der Waals surface area contributed by atoms with Gasteiger partial charge in [-0.05, 0) is 30.6 Å². The van der Waals surface area contributed by atoms with Crippen molar-refractivity contribution in [3.05, 3.63) is 83.0 Å². The van der Waals surface area contributed by atoms with Crippen LogP contribution in [0.2, 0.25) is 0 Å². The standard InChI is InChI=1S/C20H21NO2/c1-15-7-5-11-17(13-15)14-19(22)18(20(23)21-2)12-6-10-16-8-3-4-9-16/h3-8,10-13H,9,14H2,1-2H3,(H,21,23)/b10-6+,18-12-. The molecule has 0 aromatic heterocycles. The zero-order valence-corrected chi connectivity index (χ0v) is 13.5. The summed E-state index contributed by atoms with van der Waals surface area (Å²) in [5.41, 5.74) is 3.35. The molecule has 23 heavy (non-hydrogen) atoms. The Labute approximate surface area is 137 Å². The Kier molecular flexibility index (Phi) is 5.87. The Morgan fingerprint density at radius 1 is 1.30 bits per heavy atom. The molecule has 1 aromatic rings. The van der Waals surface area contributed by atoms with E-state index < -0.39 is 0 Å². The molecular weight excluding hydrogens is 286 g/mol. The summed E-state index contributed by atoms with van der Waals surface area (Å²) in [6, 6.07) is 7.76. The second-order valence-corrected chi connectivity index (χ2v) is 5.48. The van der Waals surface area contributed by atoms with Crippen LogP contribution in [0, 0.1) is 6.92 Å². The van der Waals surface area contributed by atoms with Crippen molar-refractivity contribution in [1.82, 2.24) is 5.32 Å². The number of likely N-dealkylation sites (N-methyl/N-ethyl adjacent to an activating group) is 1. The van der Waals surface area contributed by atoms with Crippen molar-refractivity contribution < 1.29 is 9.59 Å². The maximum atomic E-state index is 12.5. The lowest BCUT2D eigenvalue weighted by Gasteiger charge is -2.06. The molecule has 1 aromatic carbocycles. The van der Waals surface area contributed by atoms with Gasteiger partial charge in [-0.15, -0.1) is 0 Å². The number of carbonyl (C=O) groups is 2. The quantitative estimate of drug-likeness (QED) is 0.379. The summed E-state index contributed by atoms with van der Waals surface area (Å²) >= 11 is 0. The summed E-state index contributed by atoms with van der Waals surface area (Å²) in [5, 5.41) is 2.53. The number of aryl methyl sites for hydroxylation is 1. The van der Waals surface area contributed by atoms with Gasteiger partial charge in [-0.3, -0.25) is 9.59 Å². The van der Waals surface area contributed by atoms with Gasteiger partial charge in [0.05, 0.1) is 5.57 Å². The lowest BCUT2D eigenvalue weighted by Crippen LogP contribution is -2.25. The van der Waals surface area contributed by atoms with Gasteiger partial charge in [-0.25, -0.2) is 0 Å². The summed E-state index contributed by atoms with van der Waals surface area (Å²) < 4.78 is 0. The third kappa shape index (κ3) is 4.92. The predicted octanol–water partition coefficient (Wildman–Crippen LogP) is 3.22. The number of benzene rings is 1. The van der Waals surface area contributed by atoms with Gasteiger partial charge in [0, 0.05) is 13.5 Å². The molecule has 0 aliphatic heterocycles. The first kappa shape index (κ1) is 16.7. The molecule has 2 rings (SSSR count). The van der Waals surface area contributed by atoms with Crippen LogP contribution in [0.3, 0.4) is 0 Å². The molecule has 3 nitrogen and oxygen atoms in total. The molecule has 0 spiro atoms. The largest absolute Gasteiger partial charge is 0.355 e. The van der Waals surface area contributed by atoms with Crippen LogP contribution in [0.25, 0.3) is 0 Å². The zero-order chi connectivity index (χ0) is 16.7. The van der Waals surface area contributed by atoms with Gasteiger partial charge in [0.15, 0.2) is 5.78 Å². The molecule has 0 heterocycles. The second kappa shape index (κ2) is 8.08. The first-order valence-corrected chi connectivity index (χ1v) is 7.65. The smallest absolute Gasteiger partial charge is 0.254 e. The third-order valence-electron chi connectivity index (χ3n) is 3.59. The summed E-state index contributed by atoms with van der Waals surface area (Å²) in [6.07, 6.45) is 12.4. The minimum absolute atomic E-state index is 0.178. The van der Waals surface area contributed by atoms with Gasteiger partial charge < -0.3 is 5.32 Å². The molecule has 0 fully saturated rings. The molecule has 1 amide bonds. The Hall–Kier alpha value is -2.68. The fraction of sp³-hybridized carbons (Fsp3) is 0.200. The molecule has 1 aliphatic carbocycles. The van der Waals surface area contributed by atoms with Crippen LogP contribution in [-0.4, -0.2) is 18.7 Å². The number of hydrogen-bond donors (Lipinski definition) is 1. The lowest BCUT2D eigenvalue weighted by molar-refractivity contribution is -0.122. The van der Waals surface area contributed by atoms with E-state index in [1.165, 1.54) is 7.05 Å². The van der Waals surface area contributed by atoms with E-state index in [1.54, 1.807) is 12.2 Å². The van der Waals surface area contributed by atoms with E-state index in [9.17, 15) is 9.59 Å². The van der Waals surface area contributed by atoms with Gasteiger partial charge in [0.2, 0.25) is 0 Å². The monoisotopic (exact) mass is 307 g/mol. The SMILES string of the molecule is CNC(=O)/C(=C\C=C\C1=CC=CC1)C(=O)Cc1cccc(C)c1. The Morgan fingerprint density at radius 3 is 2.78 bits per heavy atom. The van der Waals surface area contributed by atoms with Crippen molar-refractivity contribution in [2.24, 2.45) is 0 Å². The van der Waals surface area contributed by atoms with Crippen LogP contribution in [-0.2, 0) is 16.0 Å². The molecule has 0 saturated carbocycles. The van der Waals surface area contributed by atoms with E-state index in [-0.39, 0.29) is 23.7 Å². The number of carbonyl (C=O) groups excluding carboxylic acids is 2. The van der Waals surface area contributed by atoms with E-state index in [0.717, 1.165) is 23.1 Å². The third-order valence-corrected chi connectivity index (χ3v) is 3.59. The van der Waals surface area contributed by atoms with Crippen molar-refractivity contribution in [2.75, 3.05) is 7.05 Å². The molecule has 1 aliphatic rings. The minimum Gasteiger partial charge on any atom is -0.355 e. The predicted molar refractivity (Wildman–Crippen MR) is 93.0 cm³/mol. The first-order valence-electron chi connectivity index (χ1n) is 7.65. The highest BCUT2D eigenvalue weighted by Crippen LogP contribution is 2.13. The number of rotatable bonds is 6. The highest BCUT2D eigenvalue weighted by Gasteiger charge is 2.16. The number of Topliss-reactive ketones (excluding diaryl/α,β-unsaturated/α-hetero) is 1. The van der Waals surface area contributed by atoms with Crippen molar-refractivity contribution in [3.8, 4) is 0 Å². The molecule has 0 unspecified atom stereocenters. The zero-order valence-electron chi connectivity index (χ0n) is 13.5. The normalized spacial score (nSPS) is 14.2. The van der Waals surface area contributed by atoms with Gasteiger partial charge in [-0.2, -0.15) is 0 Å². The highest BCUT2D eigenvalue weighted by atomic mass is 16.2. The first-order chi connectivity index (χ1) is 11.1. The van der Waals surface area contributed by atoms with Crippen LogP contribution in [0.1, 0.15) is 17.5 Å². The van der Waals surface area contributed by atoms with Crippen molar-refractivity contribution in [3.63, 3.8) is 0 Å². The van der Waals surface area contributed by atoms with Crippen LogP contribution in [0.4, 0.5) is 0 Å². The summed E-state index contributed by atoms with van der Waals surface area (Å²) in [7, 11) is 1.53. The molecular formula is C20H21NO2. The summed E-state index contributed by atoms with van der Waals surface area (Å²) in [4.78, 5) is 24.4. The average Bonchev–Trinajstić information content (AvgIpc) is 3.04. The molecule has 3 heteroatoms. The van der Waals surface area contributed by atoms with Crippen LogP contribution in [0.5, 0.6) is 0 Å². The molecule has 0 bridgehead atoms. The maximum Gasteiger partial charge on any atom is 0.254 e. The van der Waals surface area contributed by atoms with Crippen molar-refractivity contribution >= 4 is 11.7 Å². The van der Waals surface area contributed by atoms with Crippen LogP contribution in [0.15, 0.2) is 71.9 Å². The van der Waals surface area contributed by atoms with E-state index in [1.807, 2.05) is 49.4 Å². The summed E-state index contributed by atoms with van der Waals surface area (Å²) in [5.74, 6) is -0.538.